The third-order valence-electron chi connectivity index (χ3n) is 6.11. The number of methoxy groups -OCH3 is 1. The highest BCUT2D eigenvalue weighted by Crippen LogP contribution is 2.34. The van der Waals surface area contributed by atoms with E-state index in [2.05, 4.69) is 43.8 Å². The van der Waals surface area contributed by atoms with Crippen LogP contribution in [0.25, 0.3) is 17.1 Å². The molecular weight excluding hydrogens is 541 g/mol. The number of benzene rings is 3. The summed E-state index contributed by atoms with van der Waals surface area (Å²) in [5.74, 6) is 1.90. The van der Waals surface area contributed by atoms with E-state index in [-0.39, 0.29) is 11.8 Å². The van der Waals surface area contributed by atoms with E-state index in [0.29, 0.717) is 11.5 Å². The van der Waals surface area contributed by atoms with Crippen LogP contribution in [0.3, 0.4) is 0 Å². The summed E-state index contributed by atoms with van der Waals surface area (Å²) in [7, 11) is 1.66. The third kappa shape index (κ3) is 6.28. The molecule has 0 saturated carbocycles. The average Bonchev–Trinajstić information content (AvgIpc) is 3.56. The second kappa shape index (κ2) is 11.4. The molecule has 0 N–H and O–H groups in total. The van der Waals surface area contributed by atoms with E-state index >= 15 is 0 Å². The van der Waals surface area contributed by atoms with Crippen molar-refractivity contribution in [2.45, 2.75) is 26.3 Å². The van der Waals surface area contributed by atoms with E-state index in [9.17, 15) is 13.2 Å². The Hall–Kier alpha value is -4.32. The Morgan fingerprint density at radius 2 is 1.75 bits per heavy atom. The predicted octanol–water partition coefficient (Wildman–Crippen LogP) is 6.48. The molecule has 0 spiro atoms. The number of ether oxygens (including phenoxy) is 2. The Balaban J connectivity index is 1.26. The SMILES string of the molecule is COc1ccc(N2/C(=N/N=C/c3ccc(-c4ncn(-c5ccc(OC(F)(F)F)cc5)n4)cc3)SCC2C)c(C)c1. The molecule has 1 unspecified atom stereocenters. The second-order valence-corrected chi connectivity index (χ2v) is 9.97. The molecule has 3 aromatic carbocycles. The first-order valence-corrected chi connectivity index (χ1v) is 13.2. The lowest BCUT2D eigenvalue weighted by Crippen LogP contribution is -2.32. The standard InChI is InChI=1S/C28H25F3N6O2S/c1-18-14-24(38-3)12-13-25(18)37-19(2)16-40-27(37)34-33-15-20-4-6-21(7-5-20)26-32-17-36(35-26)22-8-10-23(11-9-22)39-28(29,30)31/h4-15,17,19H,16H2,1-3H3/b33-15+,34-27-. The van der Waals surface area contributed by atoms with Crippen molar-refractivity contribution in [1.82, 2.24) is 14.8 Å². The van der Waals surface area contributed by atoms with Crippen LogP contribution in [-0.2, 0) is 0 Å². The lowest BCUT2D eigenvalue weighted by atomic mass is 10.1. The Labute approximate surface area is 233 Å². The van der Waals surface area contributed by atoms with Gasteiger partial charge in [0.05, 0.1) is 19.0 Å². The van der Waals surface area contributed by atoms with Crippen molar-refractivity contribution < 1.29 is 22.6 Å². The highest BCUT2D eigenvalue weighted by molar-refractivity contribution is 8.14. The van der Waals surface area contributed by atoms with Gasteiger partial charge in [-0.15, -0.1) is 23.4 Å². The van der Waals surface area contributed by atoms with Gasteiger partial charge in [0.1, 0.15) is 17.8 Å². The number of nitrogens with zero attached hydrogens (tertiary/aromatic N) is 6. The lowest BCUT2D eigenvalue weighted by Gasteiger charge is -2.24. The zero-order chi connectivity index (χ0) is 28.3. The second-order valence-electron chi connectivity index (χ2n) is 8.99. The van der Waals surface area contributed by atoms with Gasteiger partial charge >= 0.3 is 6.36 Å². The zero-order valence-corrected chi connectivity index (χ0v) is 22.6. The number of amidine groups is 1. The van der Waals surface area contributed by atoms with Crippen molar-refractivity contribution in [3.05, 3.63) is 84.2 Å². The number of thioether (sulfide) groups is 1. The van der Waals surface area contributed by atoms with Crippen LogP contribution in [0.1, 0.15) is 18.1 Å². The summed E-state index contributed by atoms with van der Waals surface area (Å²) in [6.45, 7) is 4.21. The van der Waals surface area contributed by atoms with Gasteiger partial charge in [-0.1, -0.05) is 36.0 Å². The third-order valence-corrected chi connectivity index (χ3v) is 7.30. The summed E-state index contributed by atoms with van der Waals surface area (Å²) in [6, 6.07) is 19.2. The minimum absolute atomic E-state index is 0.281. The van der Waals surface area contributed by atoms with Crippen LogP contribution < -0.4 is 14.4 Å². The Kier molecular flexibility index (Phi) is 7.78. The van der Waals surface area contributed by atoms with Crippen LogP contribution in [0.4, 0.5) is 18.9 Å². The maximum absolute atomic E-state index is 12.4. The first kappa shape index (κ1) is 27.3. The van der Waals surface area contributed by atoms with Gasteiger partial charge in [0, 0.05) is 23.0 Å². The van der Waals surface area contributed by atoms with Gasteiger partial charge in [-0.05, 0) is 67.4 Å². The summed E-state index contributed by atoms with van der Waals surface area (Å²) in [6.07, 6.45) is -1.55. The molecule has 0 bridgehead atoms. The molecule has 8 nitrogen and oxygen atoms in total. The predicted molar refractivity (Wildman–Crippen MR) is 151 cm³/mol. The topological polar surface area (TPSA) is 77.1 Å². The zero-order valence-electron chi connectivity index (χ0n) is 21.8. The van der Waals surface area contributed by atoms with Crippen molar-refractivity contribution in [2.24, 2.45) is 10.2 Å². The fourth-order valence-corrected chi connectivity index (χ4v) is 5.22. The Morgan fingerprint density at radius 1 is 1.02 bits per heavy atom. The molecule has 1 aromatic heterocycles. The monoisotopic (exact) mass is 566 g/mol. The van der Waals surface area contributed by atoms with Crippen molar-refractivity contribution in [3.63, 3.8) is 0 Å². The molecule has 1 saturated heterocycles. The smallest absolute Gasteiger partial charge is 0.497 e. The molecule has 12 heteroatoms. The fraction of sp³-hybridized carbons (Fsp3) is 0.214. The van der Waals surface area contributed by atoms with Crippen LogP contribution in [0.2, 0.25) is 0 Å². The number of anilines is 1. The van der Waals surface area contributed by atoms with E-state index in [4.69, 9.17) is 4.74 Å². The summed E-state index contributed by atoms with van der Waals surface area (Å²) in [5.41, 5.74) is 4.37. The van der Waals surface area contributed by atoms with Crippen LogP contribution in [0.15, 0.2) is 83.3 Å². The first-order chi connectivity index (χ1) is 19.2. The quantitative estimate of drug-likeness (QED) is 0.188. The van der Waals surface area contributed by atoms with Gasteiger partial charge < -0.3 is 14.4 Å². The summed E-state index contributed by atoms with van der Waals surface area (Å²) in [5, 5.41) is 14.1. The van der Waals surface area contributed by atoms with E-state index in [1.165, 1.54) is 35.3 Å². The van der Waals surface area contributed by atoms with Gasteiger partial charge in [-0.25, -0.2) is 9.67 Å². The van der Waals surface area contributed by atoms with Crippen molar-refractivity contribution >= 4 is 28.8 Å². The molecule has 1 fully saturated rings. The van der Waals surface area contributed by atoms with E-state index < -0.39 is 6.36 Å². The summed E-state index contributed by atoms with van der Waals surface area (Å²) < 4.78 is 47.9. The van der Waals surface area contributed by atoms with Gasteiger partial charge in [-0.2, -0.15) is 5.10 Å². The summed E-state index contributed by atoms with van der Waals surface area (Å²) >= 11 is 1.67. The molecule has 1 atom stereocenters. The fourth-order valence-electron chi connectivity index (χ4n) is 4.15. The first-order valence-electron chi connectivity index (χ1n) is 12.3. The molecule has 0 amide bonds. The molecule has 2 heterocycles. The molecule has 4 aromatic rings. The molecule has 5 rings (SSSR count). The largest absolute Gasteiger partial charge is 0.573 e. The van der Waals surface area contributed by atoms with Crippen LogP contribution >= 0.6 is 11.8 Å². The molecule has 206 valence electrons. The highest BCUT2D eigenvalue weighted by atomic mass is 32.2. The van der Waals surface area contributed by atoms with Gasteiger partial charge in [0.15, 0.2) is 11.0 Å². The Morgan fingerprint density at radius 3 is 2.42 bits per heavy atom. The van der Waals surface area contributed by atoms with Gasteiger partial charge in [-0.3, -0.25) is 0 Å². The van der Waals surface area contributed by atoms with Crippen molar-refractivity contribution in [3.8, 4) is 28.6 Å². The Bertz CT molecular complexity index is 1540. The van der Waals surface area contributed by atoms with Crippen molar-refractivity contribution in [1.29, 1.82) is 0 Å². The highest BCUT2D eigenvalue weighted by Gasteiger charge is 2.31. The van der Waals surface area contributed by atoms with Gasteiger partial charge in [0.2, 0.25) is 0 Å². The van der Waals surface area contributed by atoms with E-state index in [1.807, 2.05) is 42.5 Å². The molecule has 0 radical (unpaired) electrons. The maximum Gasteiger partial charge on any atom is 0.573 e. The van der Waals surface area contributed by atoms with Crippen LogP contribution in [0.5, 0.6) is 11.5 Å². The van der Waals surface area contributed by atoms with Gasteiger partial charge in [0.25, 0.3) is 0 Å². The van der Waals surface area contributed by atoms with E-state index in [0.717, 1.165) is 39.0 Å². The minimum atomic E-state index is -4.74. The van der Waals surface area contributed by atoms with Crippen LogP contribution in [0, 0.1) is 6.92 Å². The molecule has 1 aliphatic heterocycles. The normalized spacial score (nSPS) is 16.7. The molecule has 0 aliphatic carbocycles. The number of hydrogen-bond donors (Lipinski definition) is 0. The maximum atomic E-state index is 12.4. The molecular formula is C28H25F3N6O2S. The number of halogens is 3. The van der Waals surface area contributed by atoms with E-state index in [1.54, 1.807) is 25.1 Å². The average molecular weight is 567 g/mol. The number of aryl methyl sites for hydroxylation is 1. The lowest BCUT2D eigenvalue weighted by molar-refractivity contribution is -0.274. The summed E-state index contributed by atoms with van der Waals surface area (Å²) in [4.78, 5) is 6.51. The molecule has 1 aliphatic rings. The number of rotatable bonds is 7. The van der Waals surface area contributed by atoms with Crippen LogP contribution in [-0.4, -0.2) is 51.4 Å². The van der Waals surface area contributed by atoms with Crippen molar-refractivity contribution in [2.75, 3.05) is 17.8 Å². The molecule has 40 heavy (non-hydrogen) atoms. The number of aromatic nitrogens is 3. The number of alkyl halides is 3. The number of hydrogen-bond acceptors (Lipinski definition) is 7. The minimum Gasteiger partial charge on any atom is -0.497 e.